The second-order valence-electron chi connectivity index (χ2n) is 4.46. The molecule has 0 radical (unpaired) electrons. The number of nitrogens with one attached hydrogen (secondary N) is 1. The zero-order chi connectivity index (χ0) is 12.3. The predicted octanol–water partition coefficient (Wildman–Crippen LogP) is 2.85. The van der Waals surface area contributed by atoms with Crippen LogP contribution in [0.2, 0.25) is 5.02 Å². The number of aryl methyl sites for hydroxylation is 2. The van der Waals surface area contributed by atoms with Crippen molar-refractivity contribution in [3.8, 4) is 0 Å². The summed E-state index contributed by atoms with van der Waals surface area (Å²) in [5, 5.41) is 8.85. The van der Waals surface area contributed by atoms with E-state index in [1.54, 1.807) is 0 Å². The molecule has 1 atom stereocenters. The molecule has 1 aromatic rings. The van der Waals surface area contributed by atoms with Gasteiger partial charge in [-0.3, -0.25) is 4.68 Å². The lowest BCUT2D eigenvalue weighted by Gasteiger charge is -2.22. The summed E-state index contributed by atoms with van der Waals surface area (Å²) in [4.78, 5) is 0. The van der Waals surface area contributed by atoms with Gasteiger partial charge < -0.3 is 5.32 Å². The van der Waals surface area contributed by atoms with Gasteiger partial charge in [0.2, 0.25) is 0 Å². The van der Waals surface area contributed by atoms with Crippen LogP contribution < -0.4 is 5.32 Å². The van der Waals surface area contributed by atoms with Gasteiger partial charge in [0.25, 0.3) is 0 Å². The Morgan fingerprint density at radius 2 is 2.41 bits per heavy atom. The molecule has 17 heavy (non-hydrogen) atoms. The first kappa shape index (κ1) is 13.2. The smallest absolute Gasteiger partial charge is 0.0860 e. The van der Waals surface area contributed by atoms with E-state index in [1.807, 2.05) is 23.4 Å². The van der Waals surface area contributed by atoms with Gasteiger partial charge in [-0.2, -0.15) is 16.9 Å². The summed E-state index contributed by atoms with van der Waals surface area (Å²) in [6, 6.07) is 0.630. The third-order valence-electron chi connectivity index (χ3n) is 3.17. The van der Waals surface area contributed by atoms with Crippen LogP contribution in [-0.2, 0) is 13.1 Å². The fourth-order valence-corrected chi connectivity index (χ4v) is 3.49. The molecular weight excluding hydrogens is 254 g/mol. The minimum atomic E-state index is 0.630. The third-order valence-corrected chi connectivity index (χ3v) is 4.88. The summed E-state index contributed by atoms with van der Waals surface area (Å²) in [6.07, 6.45) is 2.60. The highest BCUT2D eigenvalue weighted by Crippen LogP contribution is 2.21. The Balaban J connectivity index is 1.97. The lowest BCUT2D eigenvalue weighted by atomic mass is 10.2. The maximum Gasteiger partial charge on any atom is 0.0860 e. The zero-order valence-corrected chi connectivity index (χ0v) is 12.1. The standard InChI is InChI=1S/C12H20ClN3S/c1-3-16-11(12(13)9(2)15-16)7-14-10-5-4-6-17-8-10/h10,14H,3-8H2,1-2H3. The molecule has 0 amide bonds. The monoisotopic (exact) mass is 273 g/mol. The van der Waals surface area contributed by atoms with Gasteiger partial charge in [0, 0.05) is 24.9 Å². The number of halogens is 1. The van der Waals surface area contributed by atoms with E-state index in [9.17, 15) is 0 Å². The molecule has 0 aliphatic carbocycles. The summed E-state index contributed by atoms with van der Waals surface area (Å²) in [6.45, 7) is 5.78. The molecule has 1 fully saturated rings. The van der Waals surface area contributed by atoms with Crippen molar-refractivity contribution >= 4 is 23.4 Å². The fourth-order valence-electron chi connectivity index (χ4n) is 2.18. The Labute approximate surface area is 112 Å². The summed E-state index contributed by atoms with van der Waals surface area (Å²) < 4.78 is 2.00. The summed E-state index contributed by atoms with van der Waals surface area (Å²) >= 11 is 8.32. The van der Waals surface area contributed by atoms with E-state index >= 15 is 0 Å². The summed E-state index contributed by atoms with van der Waals surface area (Å²) in [7, 11) is 0. The molecule has 96 valence electrons. The lowest BCUT2D eigenvalue weighted by molar-refractivity contribution is 0.487. The third kappa shape index (κ3) is 3.18. The van der Waals surface area contributed by atoms with Crippen molar-refractivity contribution in [2.24, 2.45) is 0 Å². The molecule has 1 N–H and O–H groups in total. The Kier molecular flexibility index (Phi) is 4.77. The molecule has 2 rings (SSSR count). The number of hydrogen-bond donors (Lipinski definition) is 1. The molecule has 3 nitrogen and oxygen atoms in total. The van der Waals surface area contributed by atoms with Gasteiger partial charge in [-0.15, -0.1) is 0 Å². The molecule has 1 saturated heterocycles. The van der Waals surface area contributed by atoms with Crippen LogP contribution in [0.15, 0.2) is 0 Å². The van der Waals surface area contributed by atoms with E-state index < -0.39 is 0 Å². The summed E-state index contributed by atoms with van der Waals surface area (Å²) in [5.74, 6) is 2.53. The quantitative estimate of drug-likeness (QED) is 0.915. The molecule has 5 heteroatoms. The van der Waals surface area contributed by atoms with Gasteiger partial charge in [-0.05, 0) is 32.4 Å². The van der Waals surface area contributed by atoms with E-state index in [1.165, 1.54) is 24.3 Å². The molecule has 1 aliphatic rings. The Bertz CT molecular complexity index is 372. The number of nitrogens with zero attached hydrogens (tertiary/aromatic N) is 2. The maximum atomic E-state index is 6.28. The van der Waals surface area contributed by atoms with E-state index in [0.29, 0.717) is 6.04 Å². The minimum Gasteiger partial charge on any atom is -0.308 e. The molecule has 1 aromatic heterocycles. The van der Waals surface area contributed by atoms with Gasteiger partial charge in [0.15, 0.2) is 0 Å². The van der Waals surface area contributed by atoms with Crippen molar-refractivity contribution in [1.82, 2.24) is 15.1 Å². The molecule has 1 aliphatic heterocycles. The van der Waals surface area contributed by atoms with Crippen LogP contribution >= 0.6 is 23.4 Å². The molecule has 0 bridgehead atoms. The normalized spacial score (nSPS) is 20.8. The highest BCUT2D eigenvalue weighted by atomic mass is 35.5. The number of thioether (sulfide) groups is 1. The van der Waals surface area contributed by atoms with Crippen LogP contribution in [0.1, 0.15) is 31.2 Å². The van der Waals surface area contributed by atoms with Gasteiger partial charge in [-0.25, -0.2) is 0 Å². The fraction of sp³-hybridized carbons (Fsp3) is 0.750. The van der Waals surface area contributed by atoms with Crippen LogP contribution in [0, 0.1) is 6.92 Å². The van der Waals surface area contributed by atoms with Gasteiger partial charge in [0.05, 0.1) is 16.4 Å². The van der Waals surface area contributed by atoms with Crippen molar-refractivity contribution in [2.75, 3.05) is 11.5 Å². The van der Waals surface area contributed by atoms with E-state index in [-0.39, 0.29) is 0 Å². The van der Waals surface area contributed by atoms with Gasteiger partial charge in [-0.1, -0.05) is 11.6 Å². The van der Waals surface area contributed by atoms with Gasteiger partial charge in [0.1, 0.15) is 0 Å². The molecular formula is C12H20ClN3S. The SMILES string of the molecule is CCn1nc(C)c(Cl)c1CNC1CCCSC1. The highest BCUT2D eigenvalue weighted by Gasteiger charge is 2.16. The molecule has 0 spiro atoms. The van der Waals surface area contributed by atoms with Crippen LogP contribution in [0.4, 0.5) is 0 Å². The second-order valence-corrected chi connectivity index (χ2v) is 5.98. The maximum absolute atomic E-state index is 6.28. The minimum absolute atomic E-state index is 0.630. The van der Waals surface area contributed by atoms with Crippen molar-refractivity contribution in [3.63, 3.8) is 0 Å². The predicted molar refractivity (Wildman–Crippen MR) is 74.8 cm³/mol. The lowest BCUT2D eigenvalue weighted by Crippen LogP contribution is -2.33. The van der Waals surface area contributed by atoms with Crippen molar-refractivity contribution in [1.29, 1.82) is 0 Å². The largest absolute Gasteiger partial charge is 0.308 e. The van der Waals surface area contributed by atoms with Crippen LogP contribution in [0.5, 0.6) is 0 Å². The average Bonchev–Trinajstić information content (AvgIpc) is 2.64. The van der Waals surface area contributed by atoms with E-state index in [4.69, 9.17) is 11.6 Å². The first-order valence-corrected chi connectivity index (χ1v) is 7.78. The number of rotatable bonds is 4. The molecule has 2 heterocycles. The molecule has 1 unspecified atom stereocenters. The van der Waals surface area contributed by atoms with Crippen LogP contribution in [-0.4, -0.2) is 27.3 Å². The van der Waals surface area contributed by atoms with Crippen molar-refractivity contribution in [2.45, 2.75) is 45.8 Å². The molecule has 0 saturated carbocycles. The van der Waals surface area contributed by atoms with Crippen molar-refractivity contribution in [3.05, 3.63) is 16.4 Å². The van der Waals surface area contributed by atoms with Crippen LogP contribution in [0.25, 0.3) is 0 Å². The van der Waals surface area contributed by atoms with Gasteiger partial charge >= 0.3 is 0 Å². The number of hydrogen-bond acceptors (Lipinski definition) is 3. The Morgan fingerprint density at radius 3 is 3.06 bits per heavy atom. The van der Waals surface area contributed by atoms with Crippen LogP contribution in [0.3, 0.4) is 0 Å². The molecule has 0 aromatic carbocycles. The van der Waals surface area contributed by atoms with E-state index in [0.717, 1.165) is 29.5 Å². The zero-order valence-electron chi connectivity index (χ0n) is 10.5. The van der Waals surface area contributed by atoms with E-state index in [2.05, 4.69) is 17.3 Å². The first-order chi connectivity index (χ1) is 8.22. The van der Waals surface area contributed by atoms with Crippen molar-refractivity contribution < 1.29 is 0 Å². The highest BCUT2D eigenvalue weighted by molar-refractivity contribution is 7.99. The second kappa shape index (κ2) is 6.12. The first-order valence-electron chi connectivity index (χ1n) is 6.25. The average molecular weight is 274 g/mol. The Morgan fingerprint density at radius 1 is 1.59 bits per heavy atom. The topological polar surface area (TPSA) is 29.9 Å². The summed E-state index contributed by atoms with van der Waals surface area (Å²) in [5.41, 5.74) is 2.06. The Hall–Kier alpha value is -0.190. The number of aromatic nitrogens is 2.